The van der Waals surface area contributed by atoms with E-state index in [4.69, 9.17) is 4.74 Å². The zero-order valence-electron chi connectivity index (χ0n) is 19.4. The molecule has 0 radical (unpaired) electrons. The monoisotopic (exact) mass is 517 g/mol. The Morgan fingerprint density at radius 1 is 1.22 bits per heavy atom. The van der Waals surface area contributed by atoms with Crippen LogP contribution in [0.25, 0.3) is 0 Å². The van der Waals surface area contributed by atoms with E-state index in [9.17, 15) is 28.5 Å². The lowest BCUT2D eigenvalue weighted by atomic mass is 10.2. The maximum atomic E-state index is 15.0. The molecule has 0 spiro atoms. The summed E-state index contributed by atoms with van der Waals surface area (Å²) >= 11 is 0. The van der Waals surface area contributed by atoms with E-state index in [1.165, 1.54) is 40.4 Å². The van der Waals surface area contributed by atoms with Crippen LogP contribution in [-0.2, 0) is 19.6 Å². The standard InChI is InChI=1S/C23H24FN5O6S/c1-16(30)29(32)15-19-14-28(23(31)35-19)18-6-7-21(20(24)12-18)26-8-10-27(11-9-26)36(33,34)22-5-3-2-4-17(22)13-25/h2-7,12,19,32H,8-11,14-15H2,1H3. The Balaban J connectivity index is 1.42. The number of nitriles is 1. The number of amides is 2. The summed E-state index contributed by atoms with van der Waals surface area (Å²) in [5.41, 5.74) is 0.582. The fraction of sp³-hybridized carbons (Fsp3) is 0.348. The van der Waals surface area contributed by atoms with Gasteiger partial charge in [-0.2, -0.15) is 9.57 Å². The number of halogens is 1. The van der Waals surface area contributed by atoms with Gasteiger partial charge < -0.3 is 9.64 Å². The van der Waals surface area contributed by atoms with E-state index >= 15 is 4.39 Å². The molecule has 1 atom stereocenters. The van der Waals surface area contributed by atoms with Crippen LogP contribution in [0, 0.1) is 17.1 Å². The van der Waals surface area contributed by atoms with Crippen molar-refractivity contribution in [3.63, 3.8) is 0 Å². The molecule has 11 nitrogen and oxygen atoms in total. The van der Waals surface area contributed by atoms with Gasteiger partial charge in [-0.25, -0.2) is 22.7 Å². The van der Waals surface area contributed by atoms with Gasteiger partial charge in [0.05, 0.1) is 34.9 Å². The number of hydrogen-bond acceptors (Lipinski definition) is 8. The fourth-order valence-electron chi connectivity index (χ4n) is 4.16. The van der Waals surface area contributed by atoms with E-state index in [1.54, 1.807) is 23.1 Å². The zero-order chi connectivity index (χ0) is 26.0. The van der Waals surface area contributed by atoms with E-state index in [1.807, 2.05) is 6.07 Å². The molecule has 2 aromatic rings. The smallest absolute Gasteiger partial charge is 0.414 e. The first-order valence-corrected chi connectivity index (χ1v) is 12.5. The number of hydroxylamine groups is 2. The number of carbonyl (C=O) groups is 2. The van der Waals surface area contributed by atoms with Crippen molar-refractivity contribution in [1.82, 2.24) is 9.37 Å². The van der Waals surface area contributed by atoms with Crippen LogP contribution in [0.4, 0.5) is 20.6 Å². The summed E-state index contributed by atoms with van der Waals surface area (Å²) in [7, 11) is -3.87. The van der Waals surface area contributed by atoms with Crippen LogP contribution in [-0.4, -0.2) is 80.4 Å². The molecule has 1 unspecified atom stereocenters. The summed E-state index contributed by atoms with van der Waals surface area (Å²) in [6.45, 7) is 1.68. The van der Waals surface area contributed by atoms with Crippen LogP contribution in [0.5, 0.6) is 0 Å². The third kappa shape index (κ3) is 4.97. The maximum Gasteiger partial charge on any atom is 0.414 e. The van der Waals surface area contributed by atoms with Gasteiger partial charge in [0.2, 0.25) is 15.9 Å². The number of anilines is 2. The van der Waals surface area contributed by atoms with Crippen molar-refractivity contribution in [2.75, 3.05) is 49.1 Å². The van der Waals surface area contributed by atoms with Gasteiger partial charge in [-0.3, -0.25) is 14.9 Å². The predicted molar refractivity (Wildman–Crippen MR) is 125 cm³/mol. The summed E-state index contributed by atoms with van der Waals surface area (Å²) in [5, 5.41) is 19.3. The largest absolute Gasteiger partial charge is 0.442 e. The average molecular weight is 518 g/mol. The number of nitrogens with zero attached hydrogens (tertiary/aromatic N) is 5. The van der Waals surface area contributed by atoms with Crippen molar-refractivity contribution in [3.05, 3.63) is 53.8 Å². The highest BCUT2D eigenvalue weighted by Gasteiger charge is 2.35. The van der Waals surface area contributed by atoms with Crippen molar-refractivity contribution in [1.29, 1.82) is 5.26 Å². The number of rotatable bonds is 6. The fourth-order valence-corrected chi connectivity index (χ4v) is 5.73. The van der Waals surface area contributed by atoms with Gasteiger partial charge in [0, 0.05) is 33.1 Å². The molecule has 13 heteroatoms. The molecule has 36 heavy (non-hydrogen) atoms. The predicted octanol–water partition coefficient (Wildman–Crippen LogP) is 1.77. The molecule has 2 aromatic carbocycles. The SMILES string of the molecule is CC(=O)N(O)CC1CN(c2ccc(N3CCN(S(=O)(=O)c4ccccc4C#N)CC3)c(F)c2)C(=O)O1. The molecule has 190 valence electrons. The van der Waals surface area contributed by atoms with Gasteiger partial charge in [0.1, 0.15) is 18.0 Å². The highest BCUT2D eigenvalue weighted by molar-refractivity contribution is 7.89. The Labute approximate surface area is 207 Å². The number of cyclic esters (lactones) is 1. The molecular weight excluding hydrogens is 493 g/mol. The van der Waals surface area contributed by atoms with Gasteiger partial charge in [-0.05, 0) is 30.3 Å². The minimum atomic E-state index is -3.87. The number of carbonyl (C=O) groups excluding carboxylic acids is 2. The molecule has 2 aliphatic rings. The minimum absolute atomic E-state index is 0.0304. The molecular formula is C23H24FN5O6S. The number of ether oxygens (including phenoxy) is 1. The third-order valence-corrected chi connectivity index (χ3v) is 8.02. The third-order valence-electron chi connectivity index (χ3n) is 6.06. The van der Waals surface area contributed by atoms with Crippen LogP contribution in [0.15, 0.2) is 47.4 Å². The molecule has 1 N–H and O–H groups in total. The Morgan fingerprint density at radius 3 is 2.56 bits per heavy atom. The lowest BCUT2D eigenvalue weighted by molar-refractivity contribution is -0.166. The molecule has 0 aromatic heterocycles. The van der Waals surface area contributed by atoms with E-state index < -0.39 is 33.9 Å². The Kier molecular flexibility index (Phi) is 7.11. The molecule has 2 fully saturated rings. The highest BCUT2D eigenvalue weighted by atomic mass is 32.2. The number of benzene rings is 2. The van der Waals surface area contributed by atoms with Gasteiger partial charge in [0.25, 0.3) is 0 Å². The van der Waals surface area contributed by atoms with Crippen molar-refractivity contribution in [2.24, 2.45) is 0 Å². The Morgan fingerprint density at radius 2 is 1.92 bits per heavy atom. The molecule has 2 aliphatic heterocycles. The lowest BCUT2D eigenvalue weighted by Crippen LogP contribution is -2.49. The first-order valence-electron chi connectivity index (χ1n) is 11.1. The Bertz CT molecular complexity index is 1320. The maximum absolute atomic E-state index is 15.0. The second kappa shape index (κ2) is 10.1. The van der Waals surface area contributed by atoms with E-state index in [2.05, 4.69) is 0 Å². The van der Waals surface area contributed by atoms with Crippen LogP contribution in [0.1, 0.15) is 12.5 Å². The van der Waals surface area contributed by atoms with Gasteiger partial charge in [-0.1, -0.05) is 12.1 Å². The first kappa shape index (κ1) is 25.4. The molecule has 4 rings (SSSR count). The number of hydrogen-bond donors (Lipinski definition) is 1. The summed E-state index contributed by atoms with van der Waals surface area (Å²) in [4.78, 5) is 26.3. The molecule has 0 saturated carbocycles. The molecule has 0 aliphatic carbocycles. The quantitative estimate of drug-likeness (QED) is 0.453. The molecule has 2 amide bonds. The van der Waals surface area contributed by atoms with Crippen LogP contribution >= 0.6 is 0 Å². The topological polar surface area (TPSA) is 134 Å². The highest BCUT2D eigenvalue weighted by Crippen LogP contribution is 2.29. The second-order valence-corrected chi connectivity index (χ2v) is 10.3. The summed E-state index contributed by atoms with van der Waals surface area (Å²) in [5.74, 6) is -1.19. The van der Waals surface area contributed by atoms with Crippen molar-refractivity contribution < 1.29 is 32.3 Å². The van der Waals surface area contributed by atoms with Gasteiger partial charge in [0.15, 0.2) is 0 Å². The first-order chi connectivity index (χ1) is 17.1. The number of piperazine rings is 1. The minimum Gasteiger partial charge on any atom is -0.442 e. The van der Waals surface area contributed by atoms with Crippen LogP contribution in [0.3, 0.4) is 0 Å². The summed E-state index contributed by atoms with van der Waals surface area (Å²) in [6.07, 6.45) is -1.49. The molecule has 0 bridgehead atoms. The van der Waals surface area contributed by atoms with E-state index in [0.717, 1.165) is 0 Å². The van der Waals surface area contributed by atoms with Crippen LogP contribution in [0.2, 0.25) is 0 Å². The average Bonchev–Trinajstić information content (AvgIpc) is 3.23. The second-order valence-electron chi connectivity index (χ2n) is 8.35. The lowest BCUT2D eigenvalue weighted by Gasteiger charge is -2.35. The van der Waals surface area contributed by atoms with E-state index in [0.29, 0.717) is 5.06 Å². The van der Waals surface area contributed by atoms with Crippen molar-refractivity contribution >= 4 is 33.4 Å². The number of sulfonamides is 1. The van der Waals surface area contributed by atoms with Crippen molar-refractivity contribution in [2.45, 2.75) is 17.9 Å². The van der Waals surface area contributed by atoms with Gasteiger partial charge >= 0.3 is 6.09 Å². The van der Waals surface area contributed by atoms with E-state index in [-0.39, 0.29) is 61.1 Å². The van der Waals surface area contributed by atoms with Crippen LogP contribution < -0.4 is 9.80 Å². The van der Waals surface area contributed by atoms with Crippen molar-refractivity contribution in [3.8, 4) is 6.07 Å². The normalized spacial score (nSPS) is 18.6. The molecule has 2 saturated heterocycles. The molecule has 2 heterocycles. The zero-order valence-corrected chi connectivity index (χ0v) is 20.2. The summed E-state index contributed by atoms with van der Waals surface area (Å²) < 4.78 is 47.5. The summed E-state index contributed by atoms with van der Waals surface area (Å²) in [6, 6.07) is 12.1. The van der Waals surface area contributed by atoms with Gasteiger partial charge in [-0.15, -0.1) is 0 Å². The Hall–Kier alpha value is -3.73.